The average Bonchev–Trinajstić information content (AvgIpc) is 2.88. The summed E-state index contributed by atoms with van der Waals surface area (Å²) in [5.41, 5.74) is 9.38. The number of nitrogens with zero attached hydrogens (tertiary/aromatic N) is 3. The first-order valence-electron chi connectivity index (χ1n) is 7.86. The maximum Gasteiger partial charge on any atom is 0.129 e. The maximum absolute atomic E-state index is 6.10. The van der Waals surface area contributed by atoms with E-state index >= 15 is 0 Å². The molecule has 1 fully saturated rings. The summed E-state index contributed by atoms with van der Waals surface area (Å²) in [5.74, 6) is 1.63. The molecule has 0 atom stereocenters. The van der Waals surface area contributed by atoms with Crippen molar-refractivity contribution in [2.45, 2.75) is 25.8 Å². The molecule has 1 aliphatic rings. The van der Waals surface area contributed by atoms with Gasteiger partial charge in [0.1, 0.15) is 11.6 Å². The van der Waals surface area contributed by atoms with Crippen LogP contribution in [0.2, 0.25) is 0 Å². The smallest absolute Gasteiger partial charge is 0.129 e. The van der Waals surface area contributed by atoms with Gasteiger partial charge < -0.3 is 10.5 Å². The maximum atomic E-state index is 6.10. The molecule has 0 spiro atoms. The van der Waals surface area contributed by atoms with Gasteiger partial charge in [0, 0.05) is 24.7 Å². The van der Waals surface area contributed by atoms with Gasteiger partial charge >= 0.3 is 0 Å². The number of aryl methyl sites for hydroxylation is 1. The molecule has 0 unspecified atom stereocenters. The Morgan fingerprint density at radius 1 is 1.23 bits per heavy atom. The van der Waals surface area contributed by atoms with Crippen LogP contribution in [0.4, 0.5) is 5.82 Å². The first-order chi connectivity index (χ1) is 10.7. The van der Waals surface area contributed by atoms with Crippen molar-refractivity contribution >= 4 is 5.82 Å². The Labute approximate surface area is 131 Å². The summed E-state index contributed by atoms with van der Waals surface area (Å²) in [6, 6.07) is 6.26. The highest BCUT2D eigenvalue weighted by molar-refractivity contribution is 5.74. The Bertz CT molecular complexity index is 644. The molecule has 3 rings (SSSR count). The number of nitrogens with two attached hydrogens (primary N) is 1. The van der Waals surface area contributed by atoms with Gasteiger partial charge in [-0.2, -0.15) is 5.10 Å². The standard InChI is InChI=1S/C17H24N4O/c1-20-17(18)15(11-19-20)13-6-7-16(22-2)14(10-13)12-21-8-4-3-5-9-21/h6-7,10-11H,3-5,8-9,12,18H2,1-2H3. The van der Waals surface area contributed by atoms with Crippen molar-refractivity contribution in [2.75, 3.05) is 25.9 Å². The molecule has 0 amide bonds. The molecule has 0 radical (unpaired) electrons. The zero-order valence-corrected chi connectivity index (χ0v) is 13.4. The molecular formula is C17H24N4O. The Kier molecular flexibility index (Phi) is 4.34. The predicted molar refractivity (Wildman–Crippen MR) is 88.7 cm³/mol. The molecule has 2 N–H and O–H groups in total. The van der Waals surface area contributed by atoms with E-state index in [-0.39, 0.29) is 0 Å². The van der Waals surface area contributed by atoms with E-state index in [9.17, 15) is 0 Å². The molecule has 0 saturated carbocycles. The van der Waals surface area contributed by atoms with Crippen LogP contribution in [0.5, 0.6) is 5.75 Å². The molecule has 0 aliphatic carbocycles. The van der Waals surface area contributed by atoms with Gasteiger partial charge in [-0.05, 0) is 43.6 Å². The molecule has 1 aromatic heterocycles. The number of aromatic nitrogens is 2. The number of ether oxygens (including phenoxy) is 1. The Morgan fingerprint density at radius 3 is 2.64 bits per heavy atom. The van der Waals surface area contributed by atoms with Crippen LogP contribution in [0.3, 0.4) is 0 Å². The summed E-state index contributed by atoms with van der Waals surface area (Å²) < 4.78 is 7.23. The van der Waals surface area contributed by atoms with Gasteiger partial charge in [-0.15, -0.1) is 0 Å². The summed E-state index contributed by atoms with van der Waals surface area (Å²) in [5, 5.41) is 4.23. The number of anilines is 1. The molecule has 1 aliphatic heterocycles. The van der Waals surface area contributed by atoms with Gasteiger partial charge in [0.25, 0.3) is 0 Å². The van der Waals surface area contributed by atoms with E-state index in [1.165, 1.54) is 37.9 Å². The van der Waals surface area contributed by atoms with E-state index in [0.717, 1.165) is 23.4 Å². The normalized spacial score (nSPS) is 15.9. The van der Waals surface area contributed by atoms with E-state index in [1.807, 2.05) is 25.4 Å². The molecule has 2 aromatic rings. The minimum absolute atomic E-state index is 0.689. The molecule has 22 heavy (non-hydrogen) atoms. The van der Waals surface area contributed by atoms with Crippen LogP contribution in [0.1, 0.15) is 24.8 Å². The Hall–Kier alpha value is -2.01. The lowest BCUT2D eigenvalue weighted by Gasteiger charge is -2.27. The van der Waals surface area contributed by atoms with Crippen molar-refractivity contribution in [3.8, 4) is 16.9 Å². The van der Waals surface area contributed by atoms with Crippen molar-refractivity contribution in [2.24, 2.45) is 7.05 Å². The first kappa shape index (κ1) is 14.9. The second-order valence-electron chi connectivity index (χ2n) is 5.93. The fourth-order valence-electron chi connectivity index (χ4n) is 3.10. The van der Waals surface area contributed by atoms with Crippen molar-refractivity contribution in [1.29, 1.82) is 0 Å². The van der Waals surface area contributed by atoms with Gasteiger partial charge in [0.05, 0.1) is 13.3 Å². The molecule has 2 heterocycles. The quantitative estimate of drug-likeness (QED) is 0.943. The van der Waals surface area contributed by atoms with Gasteiger partial charge in [-0.25, -0.2) is 0 Å². The fraction of sp³-hybridized carbons (Fsp3) is 0.471. The molecule has 0 bridgehead atoms. The SMILES string of the molecule is COc1ccc(-c2cnn(C)c2N)cc1CN1CCCCC1. The highest BCUT2D eigenvalue weighted by Gasteiger charge is 2.15. The van der Waals surface area contributed by atoms with E-state index in [0.29, 0.717) is 5.82 Å². The molecule has 1 saturated heterocycles. The van der Waals surface area contributed by atoms with Crippen LogP contribution in [0.15, 0.2) is 24.4 Å². The van der Waals surface area contributed by atoms with Gasteiger partial charge in [0.15, 0.2) is 0 Å². The van der Waals surface area contributed by atoms with E-state index < -0.39 is 0 Å². The third kappa shape index (κ3) is 2.95. The third-order valence-corrected chi connectivity index (χ3v) is 4.42. The summed E-state index contributed by atoms with van der Waals surface area (Å²) in [6.45, 7) is 3.27. The number of methoxy groups -OCH3 is 1. The number of likely N-dealkylation sites (tertiary alicyclic amines) is 1. The summed E-state index contributed by atoms with van der Waals surface area (Å²) >= 11 is 0. The fourth-order valence-corrected chi connectivity index (χ4v) is 3.10. The van der Waals surface area contributed by atoms with E-state index in [2.05, 4.69) is 16.1 Å². The highest BCUT2D eigenvalue weighted by atomic mass is 16.5. The number of hydrogen-bond acceptors (Lipinski definition) is 4. The summed E-state index contributed by atoms with van der Waals surface area (Å²) in [7, 11) is 3.59. The minimum atomic E-state index is 0.689. The largest absolute Gasteiger partial charge is 0.496 e. The summed E-state index contributed by atoms with van der Waals surface area (Å²) in [4.78, 5) is 2.50. The Balaban J connectivity index is 1.90. The number of nitrogen functional groups attached to an aromatic ring is 1. The average molecular weight is 300 g/mol. The van der Waals surface area contributed by atoms with Crippen LogP contribution in [0.25, 0.3) is 11.1 Å². The molecule has 5 nitrogen and oxygen atoms in total. The molecule has 1 aromatic carbocycles. The number of piperidine rings is 1. The molecule has 118 valence electrons. The van der Waals surface area contributed by atoms with Crippen LogP contribution in [-0.2, 0) is 13.6 Å². The van der Waals surface area contributed by atoms with E-state index in [4.69, 9.17) is 10.5 Å². The monoisotopic (exact) mass is 300 g/mol. The molecular weight excluding hydrogens is 276 g/mol. The van der Waals surface area contributed by atoms with Crippen LogP contribution < -0.4 is 10.5 Å². The lowest BCUT2D eigenvalue weighted by atomic mass is 10.0. The number of rotatable bonds is 4. The second-order valence-corrected chi connectivity index (χ2v) is 5.93. The van der Waals surface area contributed by atoms with Gasteiger partial charge in [-0.1, -0.05) is 12.5 Å². The van der Waals surface area contributed by atoms with Crippen molar-refractivity contribution in [3.05, 3.63) is 30.0 Å². The number of hydrogen-bond donors (Lipinski definition) is 1. The lowest BCUT2D eigenvalue weighted by Crippen LogP contribution is -2.29. The first-order valence-corrected chi connectivity index (χ1v) is 7.86. The van der Waals surface area contributed by atoms with Crippen LogP contribution in [0, 0.1) is 0 Å². The predicted octanol–water partition coefficient (Wildman–Crippen LogP) is 2.66. The van der Waals surface area contributed by atoms with Crippen molar-refractivity contribution in [3.63, 3.8) is 0 Å². The van der Waals surface area contributed by atoms with Crippen molar-refractivity contribution in [1.82, 2.24) is 14.7 Å². The minimum Gasteiger partial charge on any atom is -0.496 e. The van der Waals surface area contributed by atoms with Gasteiger partial charge in [0.2, 0.25) is 0 Å². The van der Waals surface area contributed by atoms with E-state index in [1.54, 1.807) is 11.8 Å². The lowest BCUT2D eigenvalue weighted by molar-refractivity contribution is 0.218. The topological polar surface area (TPSA) is 56.3 Å². The van der Waals surface area contributed by atoms with Crippen LogP contribution in [-0.4, -0.2) is 34.9 Å². The third-order valence-electron chi connectivity index (χ3n) is 4.42. The second kappa shape index (κ2) is 6.40. The molecule has 5 heteroatoms. The zero-order chi connectivity index (χ0) is 15.5. The van der Waals surface area contributed by atoms with Crippen molar-refractivity contribution < 1.29 is 4.74 Å². The number of benzene rings is 1. The Morgan fingerprint density at radius 2 is 2.00 bits per heavy atom. The van der Waals surface area contributed by atoms with Gasteiger partial charge in [-0.3, -0.25) is 9.58 Å². The highest BCUT2D eigenvalue weighted by Crippen LogP contribution is 2.31. The summed E-state index contributed by atoms with van der Waals surface area (Å²) in [6.07, 6.45) is 5.75. The van der Waals surface area contributed by atoms with Crippen LogP contribution >= 0.6 is 0 Å². The zero-order valence-electron chi connectivity index (χ0n) is 13.4.